The van der Waals surface area contributed by atoms with E-state index in [1.54, 1.807) is 25.7 Å². The lowest BCUT2D eigenvalue weighted by Gasteiger charge is -2.39. The van der Waals surface area contributed by atoms with Gasteiger partial charge in [-0.15, -0.1) is 0 Å². The average molecular weight is 618 g/mol. The number of alkyl carbamates (subject to hydrolysis) is 1. The number of carbonyl (C=O) groups excluding carboxylic acids is 3. The molecule has 3 aliphatic rings. The fourth-order valence-electron chi connectivity index (χ4n) is 6.01. The van der Waals surface area contributed by atoms with Gasteiger partial charge in [-0.3, -0.25) is 14.5 Å². The second-order valence-electron chi connectivity index (χ2n) is 12.1. The van der Waals surface area contributed by atoms with Crippen molar-refractivity contribution in [3.63, 3.8) is 0 Å². The van der Waals surface area contributed by atoms with Crippen LogP contribution in [0.25, 0.3) is 0 Å². The van der Waals surface area contributed by atoms with Gasteiger partial charge in [-0.25, -0.2) is 4.79 Å². The van der Waals surface area contributed by atoms with E-state index in [0.29, 0.717) is 31.5 Å². The maximum atomic E-state index is 13.5. The molecule has 2 bridgehead atoms. The van der Waals surface area contributed by atoms with Crippen molar-refractivity contribution in [1.29, 1.82) is 5.26 Å². The van der Waals surface area contributed by atoms with Crippen LogP contribution in [0.1, 0.15) is 69.7 Å². The summed E-state index contributed by atoms with van der Waals surface area (Å²) >= 11 is 0. The number of hydrogen-bond acceptors (Lipinski definition) is 6. The molecule has 3 saturated heterocycles. The monoisotopic (exact) mass is 617 g/mol. The SMILES string of the molecule is C[C@@H](c1cc(C(F)(F)F)cc(C(F)(F)F)c1)N1C(=O)[C@@H]2CC1CN2C[C@H](NC(=O)OC(C)(C)C)C(=O)N1CCC[C@H]1C#N. The summed E-state index contributed by atoms with van der Waals surface area (Å²) in [6.07, 6.45) is -9.59. The largest absolute Gasteiger partial charge is 0.444 e. The highest BCUT2D eigenvalue weighted by molar-refractivity contribution is 5.88. The van der Waals surface area contributed by atoms with Crippen LogP contribution in [0.5, 0.6) is 0 Å². The Bertz CT molecular complexity index is 1270. The van der Waals surface area contributed by atoms with Crippen LogP contribution in [0, 0.1) is 11.3 Å². The van der Waals surface area contributed by atoms with Crippen molar-refractivity contribution in [2.45, 2.75) is 95.1 Å². The first-order chi connectivity index (χ1) is 19.8. The van der Waals surface area contributed by atoms with Gasteiger partial charge in [0.1, 0.15) is 17.7 Å². The Kier molecular flexibility index (Phi) is 8.67. The third-order valence-corrected chi connectivity index (χ3v) is 7.92. The van der Waals surface area contributed by atoms with Gasteiger partial charge in [-0.2, -0.15) is 31.6 Å². The van der Waals surface area contributed by atoms with Gasteiger partial charge in [0.05, 0.1) is 29.3 Å². The number of nitrogens with zero attached hydrogens (tertiary/aromatic N) is 4. The standard InChI is InChI=1S/C28H33F6N5O4/c1-15(16-8-17(27(29,30)31)10-18(9-16)28(32,33)34)39-20-11-22(24(39)41)37(13-20)14-21(36-25(42)43-26(2,3)4)23(40)38-7-5-6-19(38)12-35/h8-10,15,19-22H,5-7,11,13-14H2,1-4H3,(H,36,42)/t15-,19-,20?,21-,22-/m0/s1. The smallest absolute Gasteiger partial charge is 0.416 e. The minimum absolute atomic E-state index is 0.0436. The molecule has 1 N–H and O–H groups in total. The highest BCUT2D eigenvalue weighted by Crippen LogP contribution is 2.42. The third-order valence-electron chi connectivity index (χ3n) is 7.92. The lowest BCUT2D eigenvalue weighted by atomic mass is 9.98. The zero-order valence-corrected chi connectivity index (χ0v) is 24.1. The van der Waals surface area contributed by atoms with Gasteiger partial charge in [-0.05, 0) is 70.7 Å². The van der Waals surface area contributed by atoms with E-state index in [2.05, 4.69) is 11.4 Å². The van der Waals surface area contributed by atoms with E-state index in [9.17, 15) is 46.0 Å². The average Bonchev–Trinajstić information content (AvgIpc) is 3.59. The number of nitrogens with one attached hydrogen (secondary N) is 1. The number of hydrogen-bond donors (Lipinski definition) is 1. The molecule has 3 aliphatic heterocycles. The molecule has 0 spiro atoms. The Hall–Kier alpha value is -3.54. The van der Waals surface area contributed by atoms with Gasteiger partial charge in [0.2, 0.25) is 11.8 Å². The van der Waals surface area contributed by atoms with Crippen molar-refractivity contribution in [2.24, 2.45) is 0 Å². The van der Waals surface area contributed by atoms with E-state index in [1.807, 2.05) is 0 Å². The van der Waals surface area contributed by atoms with Gasteiger partial charge in [0, 0.05) is 25.7 Å². The molecule has 0 radical (unpaired) electrons. The van der Waals surface area contributed by atoms with Gasteiger partial charge >= 0.3 is 18.4 Å². The first-order valence-electron chi connectivity index (χ1n) is 13.9. The highest BCUT2D eigenvalue weighted by Gasteiger charge is 2.52. The summed E-state index contributed by atoms with van der Waals surface area (Å²) in [5.41, 5.74) is -4.09. The molecule has 15 heteroatoms. The second-order valence-corrected chi connectivity index (χ2v) is 12.1. The van der Waals surface area contributed by atoms with Crippen LogP contribution < -0.4 is 5.32 Å². The van der Waals surface area contributed by atoms with Crippen LogP contribution in [0.15, 0.2) is 18.2 Å². The van der Waals surface area contributed by atoms with Crippen molar-refractivity contribution in [2.75, 3.05) is 19.6 Å². The minimum Gasteiger partial charge on any atom is -0.444 e. The fourth-order valence-corrected chi connectivity index (χ4v) is 6.01. The van der Waals surface area contributed by atoms with Crippen molar-refractivity contribution in [1.82, 2.24) is 20.0 Å². The number of likely N-dealkylation sites (tertiary alicyclic amines) is 3. The van der Waals surface area contributed by atoms with E-state index >= 15 is 0 Å². The number of carbonyl (C=O) groups is 3. The summed E-state index contributed by atoms with van der Waals surface area (Å²) in [5.74, 6) is -1.02. The minimum atomic E-state index is -5.02. The number of benzene rings is 1. The first kappa shape index (κ1) is 32.4. The third kappa shape index (κ3) is 7.00. The van der Waals surface area contributed by atoms with Crippen molar-refractivity contribution < 1.29 is 45.5 Å². The summed E-state index contributed by atoms with van der Waals surface area (Å²) < 4.78 is 85.9. The summed E-state index contributed by atoms with van der Waals surface area (Å²) in [7, 11) is 0. The van der Waals surface area contributed by atoms with Crippen molar-refractivity contribution in [3.05, 3.63) is 34.9 Å². The van der Waals surface area contributed by atoms with Crippen LogP contribution in [-0.2, 0) is 26.7 Å². The van der Waals surface area contributed by atoms with Crippen LogP contribution >= 0.6 is 0 Å². The molecule has 3 amide bonds. The number of piperazine rings is 1. The van der Waals surface area contributed by atoms with Crippen LogP contribution in [0.3, 0.4) is 0 Å². The molecular weight excluding hydrogens is 584 g/mol. The Morgan fingerprint density at radius 3 is 2.21 bits per heavy atom. The van der Waals surface area contributed by atoms with Gasteiger partial charge in [0.25, 0.3) is 0 Å². The summed E-state index contributed by atoms with van der Waals surface area (Å²) in [4.78, 5) is 43.9. The Morgan fingerprint density at radius 2 is 1.70 bits per heavy atom. The molecule has 5 atom stereocenters. The van der Waals surface area contributed by atoms with Gasteiger partial charge in [0.15, 0.2) is 0 Å². The number of nitriles is 1. The zero-order valence-electron chi connectivity index (χ0n) is 24.1. The number of amides is 3. The fraction of sp³-hybridized carbons (Fsp3) is 0.643. The predicted octanol–water partition coefficient (Wildman–Crippen LogP) is 4.48. The molecule has 0 saturated carbocycles. The Labute approximate surface area is 244 Å². The molecule has 1 unspecified atom stereocenters. The van der Waals surface area contributed by atoms with Gasteiger partial charge < -0.3 is 19.9 Å². The van der Waals surface area contributed by atoms with Crippen LogP contribution in [0.2, 0.25) is 0 Å². The normalized spacial score (nSPS) is 24.2. The maximum absolute atomic E-state index is 13.5. The molecule has 0 aliphatic carbocycles. The maximum Gasteiger partial charge on any atom is 0.416 e. The molecule has 3 heterocycles. The van der Waals surface area contributed by atoms with E-state index in [4.69, 9.17) is 4.74 Å². The van der Waals surface area contributed by atoms with Crippen molar-refractivity contribution >= 4 is 17.9 Å². The van der Waals surface area contributed by atoms with E-state index in [-0.39, 0.29) is 31.1 Å². The lowest BCUT2D eigenvalue weighted by Crippen LogP contribution is -2.59. The van der Waals surface area contributed by atoms with E-state index in [1.165, 1.54) is 16.7 Å². The Morgan fingerprint density at radius 1 is 1.09 bits per heavy atom. The molecule has 4 rings (SSSR count). The number of alkyl halides is 6. The molecular formula is C28H33F6N5O4. The Balaban J connectivity index is 1.54. The number of rotatable bonds is 6. The van der Waals surface area contributed by atoms with Gasteiger partial charge in [-0.1, -0.05) is 0 Å². The first-order valence-corrected chi connectivity index (χ1v) is 13.9. The van der Waals surface area contributed by atoms with Crippen LogP contribution in [-0.4, -0.2) is 82.0 Å². The second kappa shape index (κ2) is 11.5. The molecule has 0 aromatic heterocycles. The molecule has 3 fully saturated rings. The summed E-state index contributed by atoms with van der Waals surface area (Å²) in [6, 6.07) is -0.915. The predicted molar refractivity (Wildman–Crippen MR) is 139 cm³/mol. The van der Waals surface area contributed by atoms with Crippen LogP contribution in [0.4, 0.5) is 31.1 Å². The lowest BCUT2D eigenvalue weighted by molar-refractivity contribution is -0.143. The summed E-state index contributed by atoms with van der Waals surface area (Å²) in [6.45, 7) is 6.69. The topological polar surface area (TPSA) is 106 Å². The molecule has 43 heavy (non-hydrogen) atoms. The quantitative estimate of drug-likeness (QED) is 0.472. The number of ether oxygens (including phenoxy) is 1. The molecule has 9 nitrogen and oxygen atoms in total. The highest BCUT2D eigenvalue weighted by atomic mass is 19.4. The molecule has 1 aromatic rings. The zero-order chi connectivity index (χ0) is 32.1. The number of halogens is 6. The van der Waals surface area contributed by atoms with E-state index < -0.39 is 77.2 Å². The number of fused-ring (bicyclic) bond motifs is 2. The van der Waals surface area contributed by atoms with E-state index in [0.717, 1.165) is 0 Å². The van der Waals surface area contributed by atoms with Crippen molar-refractivity contribution in [3.8, 4) is 6.07 Å². The molecule has 1 aromatic carbocycles. The molecule has 236 valence electrons. The summed E-state index contributed by atoms with van der Waals surface area (Å²) in [5, 5.41) is 12.0.